The molecule has 0 aliphatic heterocycles. The Morgan fingerprint density at radius 3 is 2.61 bits per heavy atom. The number of benzene rings is 1. The minimum Gasteiger partial charge on any atom is -0.445 e. The maximum absolute atomic E-state index is 12.3. The van der Waals surface area contributed by atoms with E-state index in [0.717, 1.165) is 5.56 Å². The zero-order valence-electron chi connectivity index (χ0n) is 13.0. The predicted octanol–water partition coefficient (Wildman–Crippen LogP) is 1.19. The van der Waals surface area contributed by atoms with E-state index in [1.165, 1.54) is 11.1 Å². The van der Waals surface area contributed by atoms with Crippen LogP contribution in [0.25, 0.3) is 0 Å². The van der Waals surface area contributed by atoms with Gasteiger partial charge in [0.15, 0.2) is 12.1 Å². The van der Waals surface area contributed by atoms with E-state index in [4.69, 9.17) is 4.74 Å². The van der Waals surface area contributed by atoms with Crippen molar-refractivity contribution in [2.24, 2.45) is 5.92 Å². The highest BCUT2D eigenvalue weighted by Crippen LogP contribution is 2.06. The number of ketones is 1. The molecule has 0 radical (unpaired) electrons. The molecule has 1 N–H and O–H groups in total. The number of nitrogens with zero attached hydrogens (tertiary/aromatic N) is 4. The van der Waals surface area contributed by atoms with Gasteiger partial charge in [0.05, 0.1) is 6.04 Å². The first-order chi connectivity index (χ1) is 11.1. The number of tetrazole rings is 1. The van der Waals surface area contributed by atoms with Gasteiger partial charge in [0, 0.05) is 0 Å². The summed E-state index contributed by atoms with van der Waals surface area (Å²) in [5, 5.41) is 13.6. The number of nitrogens with one attached hydrogen (secondary N) is 1. The monoisotopic (exact) mass is 317 g/mol. The minimum atomic E-state index is -0.677. The van der Waals surface area contributed by atoms with Crippen molar-refractivity contribution in [2.45, 2.75) is 33.0 Å². The van der Waals surface area contributed by atoms with Gasteiger partial charge in [-0.2, -0.15) is 4.80 Å². The zero-order valence-corrected chi connectivity index (χ0v) is 13.0. The van der Waals surface area contributed by atoms with Gasteiger partial charge in [-0.15, -0.1) is 10.2 Å². The lowest BCUT2D eigenvalue weighted by molar-refractivity contribution is -0.123. The molecule has 0 fully saturated rings. The Morgan fingerprint density at radius 2 is 2.00 bits per heavy atom. The Balaban J connectivity index is 1.88. The smallest absolute Gasteiger partial charge is 0.408 e. The molecule has 1 aromatic heterocycles. The van der Waals surface area contributed by atoms with E-state index in [1.807, 2.05) is 44.2 Å². The lowest BCUT2D eigenvalue weighted by Crippen LogP contribution is -2.46. The van der Waals surface area contributed by atoms with Crippen LogP contribution >= 0.6 is 0 Å². The zero-order chi connectivity index (χ0) is 16.7. The number of hydrogen-bond donors (Lipinski definition) is 1. The third kappa shape index (κ3) is 5.17. The molecule has 23 heavy (non-hydrogen) atoms. The van der Waals surface area contributed by atoms with Crippen LogP contribution in [-0.4, -0.2) is 38.1 Å². The number of rotatable bonds is 7. The van der Waals surface area contributed by atoms with Gasteiger partial charge in [0.25, 0.3) is 0 Å². The summed E-state index contributed by atoms with van der Waals surface area (Å²) in [6.45, 7) is 3.78. The summed E-state index contributed by atoms with van der Waals surface area (Å²) in [7, 11) is 0. The molecule has 0 saturated carbocycles. The number of carbonyl (C=O) groups excluding carboxylic acids is 2. The summed E-state index contributed by atoms with van der Waals surface area (Å²) in [6, 6.07) is 8.65. The summed E-state index contributed by atoms with van der Waals surface area (Å²) in [6.07, 6.45) is 0.617. The van der Waals surface area contributed by atoms with Crippen LogP contribution in [0, 0.1) is 5.92 Å². The fourth-order valence-electron chi connectivity index (χ4n) is 2.01. The molecule has 1 heterocycles. The maximum atomic E-state index is 12.3. The number of alkyl carbamates (subject to hydrolysis) is 1. The second-order valence-electron chi connectivity index (χ2n) is 5.36. The first-order valence-corrected chi connectivity index (χ1v) is 7.27. The highest BCUT2D eigenvalue weighted by molar-refractivity contribution is 5.87. The van der Waals surface area contributed by atoms with Crippen LogP contribution in [0.4, 0.5) is 4.79 Å². The van der Waals surface area contributed by atoms with Crippen LogP contribution < -0.4 is 5.32 Å². The van der Waals surface area contributed by atoms with Gasteiger partial charge >= 0.3 is 6.09 Å². The first-order valence-electron chi connectivity index (χ1n) is 7.27. The normalized spacial score (nSPS) is 12.0. The Kier molecular flexibility index (Phi) is 5.79. The van der Waals surface area contributed by atoms with Gasteiger partial charge < -0.3 is 10.1 Å². The van der Waals surface area contributed by atoms with Crippen molar-refractivity contribution in [3.8, 4) is 0 Å². The van der Waals surface area contributed by atoms with E-state index in [2.05, 4.69) is 20.7 Å². The third-order valence-electron chi connectivity index (χ3n) is 3.19. The average Bonchev–Trinajstić information content (AvgIpc) is 3.04. The Hall–Kier alpha value is -2.77. The van der Waals surface area contributed by atoms with Gasteiger partial charge in [-0.1, -0.05) is 44.2 Å². The molecule has 1 unspecified atom stereocenters. The van der Waals surface area contributed by atoms with Crippen molar-refractivity contribution >= 4 is 11.9 Å². The number of amides is 1. The summed E-state index contributed by atoms with van der Waals surface area (Å²) >= 11 is 0. The van der Waals surface area contributed by atoms with Crippen molar-refractivity contribution in [3.05, 3.63) is 42.2 Å². The molecule has 1 amide bonds. The molecule has 0 spiro atoms. The Morgan fingerprint density at radius 1 is 1.26 bits per heavy atom. The van der Waals surface area contributed by atoms with Crippen molar-refractivity contribution in [2.75, 3.05) is 0 Å². The molecular weight excluding hydrogens is 298 g/mol. The predicted molar refractivity (Wildman–Crippen MR) is 81.2 cm³/mol. The number of aromatic nitrogens is 4. The Labute approximate surface area is 133 Å². The second-order valence-corrected chi connectivity index (χ2v) is 5.36. The molecule has 2 aromatic rings. The van der Waals surface area contributed by atoms with Crippen LogP contribution in [-0.2, 0) is 22.7 Å². The van der Waals surface area contributed by atoms with E-state index in [1.54, 1.807) is 0 Å². The van der Waals surface area contributed by atoms with Crippen molar-refractivity contribution < 1.29 is 14.3 Å². The maximum Gasteiger partial charge on any atom is 0.408 e. The molecule has 0 aliphatic rings. The van der Waals surface area contributed by atoms with E-state index in [0.29, 0.717) is 0 Å². The molecule has 122 valence electrons. The lowest BCUT2D eigenvalue weighted by atomic mass is 10.00. The molecule has 1 atom stereocenters. The number of hydrogen-bond acceptors (Lipinski definition) is 6. The van der Waals surface area contributed by atoms with E-state index in [-0.39, 0.29) is 24.9 Å². The Bertz CT molecular complexity index is 628. The van der Waals surface area contributed by atoms with E-state index < -0.39 is 12.1 Å². The molecule has 8 heteroatoms. The molecular formula is C15H19N5O3. The van der Waals surface area contributed by atoms with Gasteiger partial charge in [-0.05, 0) is 16.7 Å². The van der Waals surface area contributed by atoms with Gasteiger partial charge in [0.2, 0.25) is 0 Å². The van der Waals surface area contributed by atoms with Gasteiger partial charge in [-0.3, -0.25) is 4.79 Å². The van der Waals surface area contributed by atoms with Crippen molar-refractivity contribution in [3.63, 3.8) is 0 Å². The summed E-state index contributed by atoms with van der Waals surface area (Å²) in [4.78, 5) is 25.3. The van der Waals surface area contributed by atoms with Crippen LogP contribution in [0.5, 0.6) is 0 Å². The third-order valence-corrected chi connectivity index (χ3v) is 3.19. The molecule has 8 nitrogen and oxygen atoms in total. The molecule has 0 bridgehead atoms. The highest BCUT2D eigenvalue weighted by atomic mass is 16.5. The minimum absolute atomic E-state index is 0.0538. The SMILES string of the molecule is CC(C)C(NC(=O)OCc1ccccc1)C(=O)Cn1ncnn1. The largest absolute Gasteiger partial charge is 0.445 e. The second kappa shape index (κ2) is 8.02. The number of ether oxygens (including phenoxy) is 1. The number of Topliss-reactive ketones (excluding diaryl/α,β-unsaturated/α-hetero) is 1. The highest BCUT2D eigenvalue weighted by Gasteiger charge is 2.25. The molecule has 0 saturated heterocycles. The fourth-order valence-corrected chi connectivity index (χ4v) is 2.01. The van der Waals surface area contributed by atoms with E-state index in [9.17, 15) is 9.59 Å². The van der Waals surface area contributed by atoms with Gasteiger partial charge in [-0.25, -0.2) is 4.79 Å². The lowest BCUT2D eigenvalue weighted by Gasteiger charge is -2.20. The fraction of sp³-hybridized carbons (Fsp3) is 0.400. The van der Waals surface area contributed by atoms with Crippen LogP contribution in [0.15, 0.2) is 36.7 Å². The number of carbonyl (C=O) groups is 2. The van der Waals surface area contributed by atoms with Crippen molar-refractivity contribution in [1.82, 2.24) is 25.5 Å². The van der Waals surface area contributed by atoms with Crippen molar-refractivity contribution in [1.29, 1.82) is 0 Å². The summed E-state index contributed by atoms with van der Waals surface area (Å²) in [5.74, 6) is -0.301. The first kappa shape index (κ1) is 16.6. The molecule has 1 aromatic carbocycles. The standard InChI is InChI=1S/C15H19N5O3/c1-11(2)14(13(21)8-20-17-10-16-19-20)18-15(22)23-9-12-6-4-3-5-7-12/h3-7,10-11,14H,8-9H2,1-2H3,(H,18,22). The molecule has 2 rings (SSSR count). The van der Waals surface area contributed by atoms with Crippen LogP contribution in [0.3, 0.4) is 0 Å². The average molecular weight is 317 g/mol. The topological polar surface area (TPSA) is 99.0 Å². The quantitative estimate of drug-likeness (QED) is 0.823. The van der Waals surface area contributed by atoms with E-state index >= 15 is 0 Å². The van der Waals surface area contributed by atoms with Gasteiger partial charge in [0.1, 0.15) is 13.2 Å². The summed E-state index contributed by atoms with van der Waals surface area (Å²) in [5.41, 5.74) is 0.877. The van der Waals surface area contributed by atoms with Crippen LogP contribution in [0.1, 0.15) is 19.4 Å². The molecule has 0 aliphatic carbocycles. The van der Waals surface area contributed by atoms with Crippen LogP contribution in [0.2, 0.25) is 0 Å². The summed E-state index contributed by atoms with van der Waals surface area (Å²) < 4.78 is 5.14.